The number of amides is 1. The number of aromatic nitrogens is 1. The maximum absolute atomic E-state index is 13.0. The molecule has 1 aromatic carbocycles. The molecule has 0 bridgehead atoms. The first-order chi connectivity index (χ1) is 13.1. The lowest BCUT2D eigenvalue weighted by molar-refractivity contribution is 0.0373. The molecule has 0 spiro atoms. The Morgan fingerprint density at radius 2 is 2.22 bits per heavy atom. The van der Waals surface area contributed by atoms with Gasteiger partial charge in [0.25, 0.3) is 5.91 Å². The van der Waals surface area contributed by atoms with Gasteiger partial charge in [-0.05, 0) is 36.8 Å². The van der Waals surface area contributed by atoms with Crippen molar-refractivity contribution in [2.24, 2.45) is 0 Å². The fraction of sp³-hybridized carbons (Fsp3) is 0.400. The summed E-state index contributed by atoms with van der Waals surface area (Å²) in [5.41, 5.74) is 1.98. The number of fused-ring (bicyclic) bond motifs is 1. The van der Waals surface area contributed by atoms with Gasteiger partial charge in [0, 0.05) is 44.8 Å². The lowest BCUT2D eigenvalue weighted by Gasteiger charge is -2.41. The van der Waals surface area contributed by atoms with Crippen LogP contribution >= 0.6 is 0 Å². The maximum atomic E-state index is 13.0. The van der Waals surface area contributed by atoms with Crippen LogP contribution in [0.3, 0.4) is 0 Å². The predicted octanol–water partition coefficient (Wildman–Crippen LogP) is 2.44. The molecule has 1 fully saturated rings. The third kappa shape index (κ3) is 3.74. The molecule has 1 aliphatic rings. The first-order valence-electron chi connectivity index (χ1n) is 9.18. The molecule has 142 valence electrons. The van der Waals surface area contributed by atoms with Crippen molar-refractivity contribution < 1.29 is 18.7 Å². The number of hydrogen-bond acceptors (Lipinski definition) is 6. The van der Waals surface area contributed by atoms with Crippen LogP contribution in [0.15, 0.2) is 45.4 Å². The number of nitrogens with zero attached hydrogens (tertiary/aromatic N) is 3. The average molecular weight is 369 g/mol. The van der Waals surface area contributed by atoms with E-state index in [2.05, 4.69) is 9.88 Å². The zero-order valence-corrected chi connectivity index (χ0v) is 15.3. The normalized spacial score (nSPS) is 18.3. The van der Waals surface area contributed by atoms with E-state index in [-0.39, 0.29) is 18.6 Å². The zero-order chi connectivity index (χ0) is 18.8. The third-order valence-electron chi connectivity index (χ3n) is 5.04. The van der Waals surface area contributed by atoms with Gasteiger partial charge in [-0.2, -0.15) is 0 Å². The molecule has 1 saturated heterocycles. The van der Waals surface area contributed by atoms with Crippen molar-refractivity contribution in [2.45, 2.75) is 25.9 Å². The fourth-order valence-electron chi connectivity index (χ4n) is 3.67. The highest BCUT2D eigenvalue weighted by atomic mass is 16.3. The molecule has 2 aromatic heterocycles. The van der Waals surface area contributed by atoms with Gasteiger partial charge >= 0.3 is 0 Å². The number of benzene rings is 1. The van der Waals surface area contributed by atoms with E-state index in [4.69, 9.17) is 8.83 Å². The van der Waals surface area contributed by atoms with E-state index in [0.29, 0.717) is 43.1 Å². The van der Waals surface area contributed by atoms with E-state index in [1.807, 2.05) is 23.1 Å². The maximum Gasteiger partial charge on any atom is 0.254 e. The number of aliphatic hydroxyl groups is 1. The largest absolute Gasteiger partial charge is 0.468 e. The van der Waals surface area contributed by atoms with Crippen molar-refractivity contribution in [1.29, 1.82) is 0 Å². The van der Waals surface area contributed by atoms with Gasteiger partial charge in [-0.15, -0.1) is 0 Å². The van der Waals surface area contributed by atoms with Gasteiger partial charge in [0.1, 0.15) is 11.3 Å². The van der Waals surface area contributed by atoms with Crippen LogP contribution in [0.4, 0.5) is 0 Å². The molecule has 7 nitrogen and oxygen atoms in total. The molecule has 3 aromatic rings. The first kappa shape index (κ1) is 17.8. The fourth-order valence-corrected chi connectivity index (χ4v) is 3.67. The number of carbonyl (C=O) groups excluding carboxylic acids is 1. The molecule has 0 aliphatic carbocycles. The molecule has 0 radical (unpaired) electrons. The summed E-state index contributed by atoms with van der Waals surface area (Å²) in [6, 6.07) is 9.28. The molecule has 7 heteroatoms. The third-order valence-corrected chi connectivity index (χ3v) is 5.04. The molecular weight excluding hydrogens is 346 g/mol. The van der Waals surface area contributed by atoms with Gasteiger partial charge in [-0.3, -0.25) is 9.69 Å². The number of aryl methyl sites for hydroxylation is 1. The highest BCUT2D eigenvalue weighted by Crippen LogP contribution is 2.21. The Bertz CT molecular complexity index is 919. The van der Waals surface area contributed by atoms with Gasteiger partial charge in [-0.1, -0.05) is 0 Å². The Labute approximate surface area is 157 Å². The Morgan fingerprint density at radius 3 is 3.00 bits per heavy atom. The van der Waals surface area contributed by atoms with E-state index < -0.39 is 0 Å². The number of oxazole rings is 1. The lowest BCUT2D eigenvalue weighted by Crippen LogP contribution is -2.54. The quantitative estimate of drug-likeness (QED) is 0.744. The highest BCUT2D eigenvalue weighted by Gasteiger charge is 2.30. The molecule has 1 N–H and O–H groups in total. The minimum Gasteiger partial charge on any atom is -0.468 e. The molecule has 1 amide bonds. The SMILES string of the molecule is Cc1nc2ccc(C(=O)N3CCN(Cc4ccco4)[C@H](CCO)C3)cc2o1. The summed E-state index contributed by atoms with van der Waals surface area (Å²) < 4.78 is 11.0. The molecule has 4 rings (SSSR count). The van der Waals surface area contributed by atoms with E-state index in [1.165, 1.54) is 0 Å². The van der Waals surface area contributed by atoms with Crippen LogP contribution in [0, 0.1) is 6.92 Å². The molecule has 1 atom stereocenters. The minimum absolute atomic E-state index is 0.0217. The summed E-state index contributed by atoms with van der Waals surface area (Å²) in [5, 5.41) is 9.45. The monoisotopic (exact) mass is 369 g/mol. The van der Waals surface area contributed by atoms with Crippen molar-refractivity contribution in [1.82, 2.24) is 14.8 Å². The minimum atomic E-state index is -0.0217. The van der Waals surface area contributed by atoms with E-state index in [0.717, 1.165) is 17.8 Å². The van der Waals surface area contributed by atoms with Crippen molar-refractivity contribution in [2.75, 3.05) is 26.2 Å². The zero-order valence-electron chi connectivity index (χ0n) is 15.3. The molecule has 0 unspecified atom stereocenters. The summed E-state index contributed by atoms with van der Waals surface area (Å²) in [6.07, 6.45) is 2.28. The number of aliphatic hydroxyl groups excluding tert-OH is 1. The second-order valence-electron chi connectivity index (χ2n) is 6.88. The van der Waals surface area contributed by atoms with Crippen LogP contribution in [0.2, 0.25) is 0 Å². The summed E-state index contributed by atoms with van der Waals surface area (Å²) in [7, 11) is 0. The Morgan fingerprint density at radius 1 is 1.33 bits per heavy atom. The van der Waals surface area contributed by atoms with Crippen LogP contribution in [0.5, 0.6) is 0 Å². The molecule has 1 aliphatic heterocycles. The number of furan rings is 1. The van der Waals surface area contributed by atoms with E-state index in [1.54, 1.807) is 25.3 Å². The molecule has 27 heavy (non-hydrogen) atoms. The van der Waals surface area contributed by atoms with Gasteiger partial charge in [0.2, 0.25) is 0 Å². The van der Waals surface area contributed by atoms with Crippen molar-refractivity contribution in [3.05, 3.63) is 53.8 Å². The van der Waals surface area contributed by atoms with Crippen LogP contribution in [0.1, 0.15) is 28.4 Å². The number of rotatable bonds is 5. The Hall–Kier alpha value is -2.64. The van der Waals surface area contributed by atoms with Gasteiger partial charge < -0.3 is 18.8 Å². The summed E-state index contributed by atoms with van der Waals surface area (Å²) in [4.78, 5) is 21.4. The van der Waals surface area contributed by atoms with Crippen LogP contribution < -0.4 is 0 Å². The molecule has 0 saturated carbocycles. The second kappa shape index (κ2) is 7.54. The van der Waals surface area contributed by atoms with E-state index >= 15 is 0 Å². The van der Waals surface area contributed by atoms with Crippen LogP contribution in [-0.4, -0.2) is 58.1 Å². The van der Waals surface area contributed by atoms with Gasteiger partial charge in [0.05, 0.1) is 12.8 Å². The standard InChI is InChI=1S/C20H23N3O4/c1-14-21-18-5-4-15(11-19(18)27-14)20(25)23-8-7-22(16(12-23)6-9-24)13-17-3-2-10-26-17/h2-5,10-11,16,24H,6-9,12-13H2,1H3/t16-/m1/s1. The smallest absolute Gasteiger partial charge is 0.254 e. The molecular formula is C20H23N3O4. The first-order valence-corrected chi connectivity index (χ1v) is 9.18. The van der Waals surface area contributed by atoms with E-state index in [9.17, 15) is 9.90 Å². The highest BCUT2D eigenvalue weighted by molar-refractivity contribution is 5.97. The summed E-state index contributed by atoms with van der Waals surface area (Å²) in [5.74, 6) is 1.46. The Balaban J connectivity index is 1.49. The Kier molecular flexibility index (Phi) is 4.96. The van der Waals surface area contributed by atoms with Crippen LogP contribution in [0.25, 0.3) is 11.1 Å². The van der Waals surface area contributed by atoms with Gasteiger partial charge in [0.15, 0.2) is 11.5 Å². The van der Waals surface area contributed by atoms with Crippen LogP contribution in [-0.2, 0) is 6.54 Å². The van der Waals surface area contributed by atoms with Gasteiger partial charge in [-0.25, -0.2) is 4.98 Å². The number of carbonyl (C=O) groups is 1. The lowest BCUT2D eigenvalue weighted by atomic mass is 10.1. The second-order valence-corrected chi connectivity index (χ2v) is 6.88. The number of hydrogen-bond donors (Lipinski definition) is 1. The van der Waals surface area contributed by atoms with Crippen molar-refractivity contribution >= 4 is 17.0 Å². The average Bonchev–Trinajstić information content (AvgIpc) is 3.30. The summed E-state index contributed by atoms with van der Waals surface area (Å²) >= 11 is 0. The van der Waals surface area contributed by atoms with Crippen molar-refractivity contribution in [3.63, 3.8) is 0 Å². The number of piperazine rings is 1. The van der Waals surface area contributed by atoms with Crippen molar-refractivity contribution in [3.8, 4) is 0 Å². The summed E-state index contributed by atoms with van der Waals surface area (Å²) in [6.45, 7) is 4.51. The topological polar surface area (TPSA) is 83.0 Å². The predicted molar refractivity (Wildman–Crippen MR) is 99.3 cm³/mol. The molecule has 3 heterocycles.